The van der Waals surface area contributed by atoms with Gasteiger partial charge in [-0.15, -0.1) is 11.8 Å². The zero-order valence-electron chi connectivity index (χ0n) is 12.5. The average Bonchev–Trinajstić information content (AvgIpc) is 2.53. The molecule has 0 aliphatic heterocycles. The fourth-order valence-corrected chi connectivity index (χ4v) is 3.07. The van der Waals surface area contributed by atoms with Gasteiger partial charge in [-0.2, -0.15) is 0 Å². The molecule has 0 aliphatic carbocycles. The van der Waals surface area contributed by atoms with Gasteiger partial charge in [-0.3, -0.25) is 4.79 Å². The van der Waals surface area contributed by atoms with Gasteiger partial charge in [0.2, 0.25) is 5.91 Å². The minimum atomic E-state index is -0.0288. The molecule has 2 aromatic rings. The van der Waals surface area contributed by atoms with Crippen molar-refractivity contribution < 1.29 is 4.79 Å². The summed E-state index contributed by atoms with van der Waals surface area (Å²) in [6.07, 6.45) is 0. The maximum Gasteiger partial charge on any atom is 0.235 e. The van der Waals surface area contributed by atoms with Crippen molar-refractivity contribution in [1.29, 1.82) is 0 Å². The Morgan fingerprint density at radius 2 is 1.52 bits per heavy atom. The second-order valence-corrected chi connectivity index (χ2v) is 6.45. The van der Waals surface area contributed by atoms with Crippen molar-refractivity contribution in [3.05, 3.63) is 71.8 Å². The number of hydrogen-bond acceptors (Lipinski definition) is 2. The van der Waals surface area contributed by atoms with E-state index in [2.05, 4.69) is 12.1 Å². The highest BCUT2D eigenvalue weighted by Crippen LogP contribution is 2.19. The van der Waals surface area contributed by atoms with Crippen LogP contribution in [-0.4, -0.2) is 23.1 Å². The number of benzene rings is 2. The molecule has 1 amide bonds. The van der Waals surface area contributed by atoms with Gasteiger partial charge in [-0.05, 0) is 18.1 Å². The molecule has 0 unspecified atom stereocenters. The molecule has 0 bridgehead atoms. The maximum atomic E-state index is 12.4. The summed E-state index contributed by atoms with van der Waals surface area (Å²) < 4.78 is 0. The smallest absolute Gasteiger partial charge is 0.235 e. The second-order valence-electron chi connectivity index (χ2n) is 5.12. The van der Waals surface area contributed by atoms with Crippen molar-refractivity contribution in [3.8, 4) is 0 Å². The SMILES string of the molecule is C[C@H](SCc1ccccc1)C(=O)N(C)Cc1ccccc1. The topological polar surface area (TPSA) is 20.3 Å². The summed E-state index contributed by atoms with van der Waals surface area (Å²) in [4.78, 5) is 14.2. The average molecular weight is 299 g/mol. The molecular formula is C18H21NOS. The number of carbonyl (C=O) groups excluding carboxylic acids is 1. The minimum Gasteiger partial charge on any atom is -0.340 e. The summed E-state index contributed by atoms with van der Waals surface area (Å²) in [5.74, 6) is 1.05. The van der Waals surface area contributed by atoms with Gasteiger partial charge < -0.3 is 4.90 Å². The largest absolute Gasteiger partial charge is 0.340 e. The van der Waals surface area contributed by atoms with Gasteiger partial charge in [0, 0.05) is 19.3 Å². The molecule has 2 aromatic carbocycles. The highest BCUT2D eigenvalue weighted by molar-refractivity contribution is 7.99. The van der Waals surface area contributed by atoms with Crippen molar-refractivity contribution in [2.75, 3.05) is 7.05 Å². The van der Waals surface area contributed by atoms with Crippen LogP contribution in [0.4, 0.5) is 0 Å². The van der Waals surface area contributed by atoms with Crippen LogP contribution in [0.1, 0.15) is 18.1 Å². The maximum absolute atomic E-state index is 12.4. The molecule has 0 radical (unpaired) electrons. The molecule has 110 valence electrons. The van der Waals surface area contributed by atoms with E-state index in [1.807, 2.05) is 62.5 Å². The van der Waals surface area contributed by atoms with E-state index in [1.54, 1.807) is 16.7 Å². The molecular weight excluding hydrogens is 278 g/mol. The number of thioether (sulfide) groups is 1. The first-order chi connectivity index (χ1) is 10.2. The van der Waals surface area contributed by atoms with Gasteiger partial charge in [-0.25, -0.2) is 0 Å². The molecule has 0 spiro atoms. The highest BCUT2D eigenvalue weighted by Gasteiger charge is 2.17. The van der Waals surface area contributed by atoms with E-state index in [0.717, 1.165) is 11.3 Å². The van der Waals surface area contributed by atoms with Crippen LogP contribution >= 0.6 is 11.8 Å². The Bertz CT molecular complexity index is 556. The van der Waals surface area contributed by atoms with Crippen molar-refractivity contribution >= 4 is 17.7 Å². The number of hydrogen-bond donors (Lipinski definition) is 0. The van der Waals surface area contributed by atoms with E-state index >= 15 is 0 Å². The van der Waals surface area contributed by atoms with Gasteiger partial charge in [0.1, 0.15) is 0 Å². The van der Waals surface area contributed by atoms with E-state index in [9.17, 15) is 4.79 Å². The summed E-state index contributed by atoms with van der Waals surface area (Å²) >= 11 is 1.69. The van der Waals surface area contributed by atoms with Crippen molar-refractivity contribution in [3.63, 3.8) is 0 Å². The summed E-state index contributed by atoms with van der Waals surface area (Å²) in [7, 11) is 1.87. The quantitative estimate of drug-likeness (QED) is 0.804. The number of amides is 1. The number of rotatable bonds is 6. The fraction of sp³-hybridized carbons (Fsp3) is 0.278. The molecule has 3 heteroatoms. The van der Waals surface area contributed by atoms with E-state index in [0.29, 0.717) is 6.54 Å². The van der Waals surface area contributed by atoms with Crippen LogP contribution < -0.4 is 0 Å². The van der Waals surface area contributed by atoms with Gasteiger partial charge in [0.25, 0.3) is 0 Å². The molecule has 21 heavy (non-hydrogen) atoms. The van der Waals surface area contributed by atoms with E-state index < -0.39 is 0 Å². The lowest BCUT2D eigenvalue weighted by atomic mass is 10.2. The first-order valence-corrected chi connectivity index (χ1v) is 8.16. The predicted molar refractivity (Wildman–Crippen MR) is 90.1 cm³/mol. The Kier molecular flexibility index (Phi) is 5.88. The molecule has 0 N–H and O–H groups in total. The normalized spacial score (nSPS) is 11.9. The third kappa shape index (κ3) is 4.94. The van der Waals surface area contributed by atoms with Crippen molar-refractivity contribution in [2.45, 2.75) is 24.5 Å². The van der Waals surface area contributed by atoms with Crippen molar-refractivity contribution in [1.82, 2.24) is 4.90 Å². The third-order valence-electron chi connectivity index (χ3n) is 3.33. The van der Waals surface area contributed by atoms with E-state index in [-0.39, 0.29) is 11.2 Å². The first kappa shape index (κ1) is 15.6. The Morgan fingerprint density at radius 1 is 1.00 bits per heavy atom. The molecule has 0 saturated heterocycles. The van der Waals surface area contributed by atoms with Gasteiger partial charge in [0.15, 0.2) is 0 Å². The summed E-state index contributed by atoms with van der Waals surface area (Å²) in [6, 6.07) is 20.4. The molecule has 0 fully saturated rings. The molecule has 0 heterocycles. The Hall–Kier alpha value is -1.74. The van der Waals surface area contributed by atoms with Crippen LogP contribution in [0.2, 0.25) is 0 Å². The minimum absolute atomic E-state index is 0.0288. The number of carbonyl (C=O) groups is 1. The van der Waals surface area contributed by atoms with Gasteiger partial charge in [-0.1, -0.05) is 60.7 Å². The first-order valence-electron chi connectivity index (χ1n) is 7.11. The molecule has 0 saturated carbocycles. The third-order valence-corrected chi connectivity index (χ3v) is 4.53. The summed E-state index contributed by atoms with van der Waals surface area (Å²) in [5, 5.41) is -0.0288. The molecule has 0 aromatic heterocycles. The van der Waals surface area contributed by atoms with Crippen LogP contribution in [0.15, 0.2) is 60.7 Å². The Balaban J connectivity index is 1.84. The van der Waals surface area contributed by atoms with Crippen LogP contribution in [0.25, 0.3) is 0 Å². The lowest BCUT2D eigenvalue weighted by molar-refractivity contribution is -0.129. The van der Waals surface area contributed by atoms with Gasteiger partial charge >= 0.3 is 0 Å². The second kappa shape index (κ2) is 7.89. The van der Waals surface area contributed by atoms with Crippen LogP contribution in [0.5, 0.6) is 0 Å². The van der Waals surface area contributed by atoms with E-state index in [1.165, 1.54) is 5.56 Å². The molecule has 2 rings (SSSR count). The van der Waals surface area contributed by atoms with E-state index in [4.69, 9.17) is 0 Å². The standard InChI is InChI=1S/C18H21NOS/c1-15(21-14-17-11-7-4-8-12-17)18(20)19(2)13-16-9-5-3-6-10-16/h3-12,15H,13-14H2,1-2H3/t15-/m0/s1. The fourth-order valence-electron chi connectivity index (χ4n) is 2.11. The molecule has 1 atom stereocenters. The predicted octanol–water partition coefficient (Wildman–Crippen LogP) is 3.97. The number of nitrogens with zero attached hydrogens (tertiary/aromatic N) is 1. The molecule has 0 aliphatic rings. The lowest BCUT2D eigenvalue weighted by Gasteiger charge is -2.21. The van der Waals surface area contributed by atoms with Crippen molar-refractivity contribution in [2.24, 2.45) is 0 Å². The highest BCUT2D eigenvalue weighted by atomic mass is 32.2. The van der Waals surface area contributed by atoms with Crippen LogP contribution in [-0.2, 0) is 17.1 Å². The molecule has 2 nitrogen and oxygen atoms in total. The monoisotopic (exact) mass is 299 g/mol. The van der Waals surface area contributed by atoms with Crippen LogP contribution in [0.3, 0.4) is 0 Å². The summed E-state index contributed by atoms with van der Waals surface area (Å²) in [6.45, 7) is 2.65. The lowest BCUT2D eigenvalue weighted by Crippen LogP contribution is -2.32. The Morgan fingerprint density at radius 3 is 2.10 bits per heavy atom. The van der Waals surface area contributed by atoms with Crippen LogP contribution in [0, 0.1) is 0 Å². The zero-order chi connectivity index (χ0) is 15.1. The Labute approximate surface area is 131 Å². The summed E-state index contributed by atoms with van der Waals surface area (Å²) in [5.41, 5.74) is 2.42. The zero-order valence-corrected chi connectivity index (χ0v) is 13.3. The van der Waals surface area contributed by atoms with Gasteiger partial charge in [0.05, 0.1) is 5.25 Å².